The van der Waals surface area contributed by atoms with E-state index in [2.05, 4.69) is 0 Å². The van der Waals surface area contributed by atoms with Crippen molar-refractivity contribution in [1.29, 1.82) is 0 Å². The molecule has 0 aromatic rings. The van der Waals surface area contributed by atoms with Gasteiger partial charge in [0.15, 0.2) is 0 Å². The Morgan fingerprint density at radius 2 is 1.57 bits per heavy atom. The Morgan fingerprint density at radius 1 is 1.00 bits per heavy atom. The van der Waals surface area contributed by atoms with Crippen LogP contribution in [0.1, 0.15) is 57.8 Å². The highest BCUT2D eigenvalue weighted by Gasteiger charge is 2.53. The molecule has 3 fully saturated rings. The first-order valence-electron chi connectivity index (χ1n) is 8.33. The largest absolute Gasteiger partial charge is 0.404 e. The number of hydrogen-bond acceptors (Lipinski definition) is 2. The fourth-order valence-electron chi connectivity index (χ4n) is 3.78. The molecule has 3 rings (SSSR count). The lowest BCUT2D eigenvalue weighted by molar-refractivity contribution is -0.181. The van der Waals surface area contributed by atoms with Gasteiger partial charge in [-0.3, -0.25) is 0 Å². The Hall–Kier alpha value is 0.100. The highest BCUT2D eigenvalue weighted by molar-refractivity contribution is 7.99. The molecule has 0 aliphatic heterocycles. The molecule has 1 atom stereocenters. The number of alkyl halides is 3. The van der Waals surface area contributed by atoms with E-state index in [1.165, 1.54) is 18.6 Å². The second-order valence-electron chi connectivity index (χ2n) is 7.51. The van der Waals surface area contributed by atoms with Crippen LogP contribution in [0.5, 0.6) is 0 Å². The predicted molar refractivity (Wildman–Crippen MR) is 81.2 cm³/mol. The monoisotopic (exact) mass is 321 g/mol. The van der Waals surface area contributed by atoms with E-state index in [9.17, 15) is 13.2 Å². The second kappa shape index (κ2) is 5.95. The van der Waals surface area contributed by atoms with Crippen molar-refractivity contribution in [2.45, 2.75) is 75.3 Å². The minimum absolute atomic E-state index is 0.508. The molecule has 1 nitrogen and oxygen atoms in total. The van der Waals surface area contributed by atoms with Crippen molar-refractivity contribution in [3.63, 3.8) is 0 Å². The molecule has 3 aliphatic rings. The van der Waals surface area contributed by atoms with Gasteiger partial charge < -0.3 is 5.73 Å². The van der Waals surface area contributed by atoms with Gasteiger partial charge in [-0.25, -0.2) is 0 Å². The molecule has 21 heavy (non-hydrogen) atoms. The standard InChI is InChI=1S/C16H26F3NS/c17-16(18,19)14(20)15(9-11-1-2-11)7-5-13(6-8-15)21-10-12-3-4-12/h11-14H,1-10,20H2. The molecule has 0 aromatic heterocycles. The van der Waals surface area contributed by atoms with E-state index in [0.717, 1.165) is 31.6 Å². The van der Waals surface area contributed by atoms with Gasteiger partial charge in [0.2, 0.25) is 0 Å². The van der Waals surface area contributed by atoms with E-state index in [-0.39, 0.29) is 0 Å². The van der Waals surface area contributed by atoms with Crippen molar-refractivity contribution in [3.8, 4) is 0 Å². The summed E-state index contributed by atoms with van der Waals surface area (Å²) in [6, 6.07) is -1.63. The van der Waals surface area contributed by atoms with E-state index >= 15 is 0 Å². The van der Waals surface area contributed by atoms with Crippen molar-refractivity contribution >= 4 is 11.8 Å². The molecular formula is C16H26F3NS. The number of hydrogen-bond donors (Lipinski definition) is 1. The summed E-state index contributed by atoms with van der Waals surface area (Å²) in [5.41, 5.74) is 5.01. The van der Waals surface area contributed by atoms with Crippen molar-refractivity contribution in [1.82, 2.24) is 0 Å². The lowest BCUT2D eigenvalue weighted by Gasteiger charge is -2.45. The summed E-state index contributed by atoms with van der Waals surface area (Å²) in [4.78, 5) is 0. The van der Waals surface area contributed by atoms with Gasteiger partial charge in [0.1, 0.15) is 6.04 Å². The normalized spacial score (nSPS) is 35.7. The zero-order valence-corrected chi connectivity index (χ0v) is 13.3. The van der Waals surface area contributed by atoms with Crippen LogP contribution in [0.15, 0.2) is 0 Å². The summed E-state index contributed by atoms with van der Waals surface area (Å²) in [5.74, 6) is 2.62. The van der Waals surface area contributed by atoms with E-state index in [0.29, 0.717) is 30.4 Å². The Labute approximate surface area is 129 Å². The molecule has 0 amide bonds. The Bertz CT molecular complexity index is 355. The van der Waals surface area contributed by atoms with Crippen LogP contribution in [0.25, 0.3) is 0 Å². The molecule has 0 spiro atoms. The van der Waals surface area contributed by atoms with Gasteiger partial charge in [-0.1, -0.05) is 12.8 Å². The van der Waals surface area contributed by atoms with Gasteiger partial charge in [0.05, 0.1) is 0 Å². The SMILES string of the molecule is NC(C(F)(F)F)C1(CC2CC2)CCC(SCC2CC2)CC1. The third-order valence-electron chi connectivity index (χ3n) is 5.60. The average Bonchev–Trinajstić information content (AvgIpc) is 3.31. The highest BCUT2D eigenvalue weighted by atomic mass is 32.2. The van der Waals surface area contributed by atoms with Crippen LogP contribution in [0.4, 0.5) is 13.2 Å². The van der Waals surface area contributed by atoms with Crippen LogP contribution >= 0.6 is 11.8 Å². The molecule has 122 valence electrons. The molecule has 1 unspecified atom stereocenters. The van der Waals surface area contributed by atoms with Gasteiger partial charge >= 0.3 is 6.18 Å². The summed E-state index contributed by atoms with van der Waals surface area (Å²) in [6.45, 7) is 0. The smallest absolute Gasteiger partial charge is 0.320 e. The van der Waals surface area contributed by atoms with Crippen LogP contribution in [-0.2, 0) is 0 Å². The number of nitrogens with two attached hydrogens (primary N) is 1. The molecule has 0 bridgehead atoms. The second-order valence-corrected chi connectivity index (χ2v) is 8.84. The summed E-state index contributed by atoms with van der Waals surface area (Å²) < 4.78 is 39.5. The fourth-order valence-corrected chi connectivity index (χ4v) is 5.22. The minimum atomic E-state index is -4.25. The van der Waals surface area contributed by atoms with Crippen LogP contribution in [0.2, 0.25) is 0 Å². The Morgan fingerprint density at radius 3 is 2.05 bits per heavy atom. The maximum atomic E-state index is 13.2. The first-order chi connectivity index (χ1) is 9.89. The van der Waals surface area contributed by atoms with E-state index in [1.54, 1.807) is 0 Å². The first kappa shape index (κ1) is 16.0. The van der Waals surface area contributed by atoms with Crippen molar-refractivity contribution in [2.75, 3.05) is 5.75 Å². The first-order valence-corrected chi connectivity index (χ1v) is 9.38. The zero-order chi connectivity index (χ0) is 15.1. The lowest BCUT2D eigenvalue weighted by atomic mass is 9.66. The van der Waals surface area contributed by atoms with E-state index in [4.69, 9.17) is 5.73 Å². The van der Waals surface area contributed by atoms with Crippen molar-refractivity contribution < 1.29 is 13.2 Å². The third-order valence-corrected chi connectivity index (χ3v) is 7.20. The van der Waals surface area contributed by atoms with Gasteiger partial charge in [0.25, 0.3) is 0 Å². The zero-order valence-electron chi connectivity index (χ0n) is 12.5. The number of rotatable bonds is 6. The quantitative estimate of drug-likeness (QED) is 0.764. The van der Waals surface area contributed by atoms with Crippen molar-refractivity contribution in [3.05, 3.63) is 0 Å². The molecule has 0 saturated heterocycles. The topological polar surface area (TPSA) is 26.0 Å². The van der Waals surface area contributed by atoms with Gasteiger partial charge in [-0.15, -0.1) is 0 Å². The minimum Gasteiger partial charge on any atom is -0.320 e. The highest BCUT2D eigenvalue weighted by Crippen LogP contribution is 2.53. The molecule has 3 aliphatic carbocycles. The van der Waals surface area contributed by atoms with Crippen LogP contribution in [-0.4, -0.2) is 23.2 Å². The fraction of sp³-hybridized carbons (Fsp3) is 1.00. The van der Waals surface area contributed by atoms with E-state index in [1.807, 2.05) is 11.8 Å². The van der Waals surface area contributed by atoms with Crippen LogP contribution in [0.3, 0.4) is 0 Å². The summed E-state index contributed by atoms with van der Waals surface area (Å²) in [7, 11) is 0. The molecular weight excluding hydrogens is 295 g/mol. The van der Waals surface area contributed by atoms with Gasteiger partial charge in [0, 0.05) is 5.25 Å². The number of thioether (sulfide) groups is 1. The van der Waals surface area contributed by atoms with Crippen LogP contribution < -0.4 is 5.73 Å². The van der Waals surface area contributed by atoms with Crippen LogP contribution in [0, 0.1) is 17.3 Å². The summed E-state index contributed by atoms with van der Waals surface area (Å²) in [6.07, 6.45) is 4.56. The Kier molecular flexibility index (Phi) is 4.53. The Balaban J connectivity index is 1.58. The maximum Gasteiger partial charge on any atom is 0.404 e. The average molecular weight is 321 g/mol. The molecule has 5 heteroatoms. The molecule has 0 aromatic carbocycles. The van der Waals surface area contributed by atoms with Crippen molar-refractivity contribution in [2.24, 2.45) is 23.0 Å². The lowest BCUT2D eigenvalue weighted by Crippen LogP contribution is -2.53. The molecule has 2 N–H and O–H groups in total. The predicted octanol–water partition coefficient (Wildman–Crippen LogP) is 4.75. The van der Waals surface area contributed by atoms with E-state index < -0.39 is 17.6 Å². The number of halogens is 3. The van der Waals surface area contributed by atoms with Gasteiger partial charge in [-0.05, 0) is 67.9 Å². The maximum absolute atomic E-state index is 13.2. The summed E-state index contributed by atoms with van der Waals surface area (Å²) >= 11 is 2.00. The summed E-state index contributed by atoms with van der Waals surface area (Å²) in [5, 5.41) is 0.568. The molecule has 0 heterocycles. The third kappa shape index (κ3) is 4.10. The molecule has 3 saturated carbocycles. The van der Waals surface area contributed by atoms with Gasteiger partial charge in [-0.2, -0.15) is 24.9 Å². The molecule has 0 radical (unpaired) electrons.